The molecule has 3 aromatic rings. The van der Waals surface area contributed by atoms with E-state index in [2.05, 4.69) is 54.6 Å². The number of hydrogen-bond acceptors (Lipinski definition) is 4. The van der Waals surface area contributed by atoms with Gasteiger partial charge in [0.15, 0.2) is 5.17 Å². The summed E-state index contributed by atoms with van der Waals surface area (Å²) in [5, 5.41) is 9.68. The Bertz CT molecular complexity index is 1320. The number of thioether (sulfide) groups is 1. The summed E-state index contributed by atoms with van der Waals surface area (Å²) >= 11 is 1.34. The smallest absolute Gasteiger partial charge is 0.335 e. The van der Waals surface area contributed by atoms with E-state index in [0.29, 0.717) is 22.3 Å². The molecule has 0 saturated carbocycles. The molecule has 2 aromatic carbocycles. The highest BCUT2D eigenvalue weighted by molar-refractivity contribution is 8.18. The minimum atomic E-state index is -0.982. The molecule has 0 unspecified atom stereocenters. The molecule has 1 aliphatic rings. The maximum Gasteiger partial charge on any atom is 0.335 e. The molecule has 34 heavy (non-hydrogen) atoms. The van der Waals surface area contributed by atoms with E-state index in [0.717, 1.165) is 29.1 Å². The molecule has 0 aliphatic carbocycles. The highest BCUT2D eigenvalue weighted by Crippen LogP contribution is 2.35. The molecule has 1 fully saturated rings. The van der Waals surface area contributed by atoms with Crippen LogP contribution in [0.2, 0.25) is 0 Å². The molecular formula is C27H27N3O3S. The fraction of sp³-hybridized carbons (Fsp3) is 0.222. The number of nitrogens with zero attached hydrogens (tertiary/aromatic N) is 3. The molecule has 2 heterocycles. The fourth-order valence-corrected chi connectivity index (χ4v) is 5.19. The van der Waals surface area contributed by atoms with Crippen LogP contribution in [0, 0.1) is 13.8 Å². The van der Waals surface area contributed by atoms with Gasteiger partial charge in [0.2, 0.25) is 0 Å². The average Bonchev–Trinajstić information content (AvgIpc) is 3.28. The molecule has 6 nitrogen and oxygen atoms in total. The lowest BCUT2D eigenvalue weighted by atomic mass is 10.1. The Morgan fingerprint density at radius 3 is 2.44 bits per heavy atom. The van der Waals surface area contributed by atoms with Gasteiger partial charge in [-0.3, -0.25) is 9.69 Å². The van der Waals surface area contributed by atoms with Crippen LogP contribution in [0.1, 0.15) is 46.7 Å². The van der Waals surface area contributed by atoms with Crippen LogP contribution in [0.4, 0.5) is 5.69 Å². The van der Waals surface area contributed by atoms with Gasteiger partial charge in [-0.2, -0.15) is 0 Å². The molecule has 4 rings (SSSR count). The van der Waals surface area contributed by atoms with E-state index in [1.807, 2.05) is 19.1 Å². The van der Waals surface area contributed by atoms with Crippen LogP contribution < -0.4 is 0 Å². The van der Waals surface area contributed by atoms with Crippen LogP contribution in [0.25, 0.3) is 11.8 Å². The third-order valence-electron chi connectivity index (χ3n) is 5.91. The first-order valence-corrected chi connectivity index (χ1v) is 12.1. The number of amidine groups is 1. The van der Waals surface area contributed by atoms with Crippen molar-refractivity contribution in [3.63, 3.8) is 0 Å². The highest BCUT2D eigenvalue weighted by atomic mass is 32.2. The second-order valence-electron chi connectivity index (χ2n) is 8.05. The molecule has 0 radical (unpaired) electrons. The van der Waals surface area contributed by atoms with Gasteiger partial charge in [0, 0.05) is 23.6 Å². The van der Waals surface area contributed by atoms with Gasteiger partial charge in [0.05, 0.1) is 16.2 Å². The normalized spacial score (nSPS) is 16.1. The van der Waals surface area contributed by atoms with E-state index in [1.54, 1.807) is 17.0 Å². The molecule has 1 amide bonds. The first-order chi connectivity index (χ1) is 16.3. The number of aliphatic imine (C=N–C) groups is 1. The number of amides is 1. The Kier molecular flexibility index (Phi) is 6.75. The van der Waals surface area contributed by atoms with Crippen molar-refractivity contribution in [2.24, 2.45) is 4.99 Å². The zero-order valence-electron chi connectivity index (χ0n) is 19.7. The van der Waals surface area contributed by atoms with Gasteiger partial charge in [0.25, 0.3) is 5.91 Å². The van der Waals surface area contributed by atoms with Crippen molar-refractivity contribution in [1.29, 1.82) is 0 Å². The Balaban J connectivity index is 1.69. The third-order valence-corrected chi connectivity index (χ3v) is 6.92. The summed E-state index contributed by atoms with van der Waals surface area (Å²) in [6, 6.07) is 16.8. The molecule has 1 aromatic heterocycles. The molecular weight excluding hydrogens is 446 g/mol. The Morgan fingerprint density at radius 2 is 1.79 bits per heavy atom. The first kappa shape index (κ1) is 23.6. The van der Waals surface area contributed by atoms with E-state index in [4.69, 9.17) is 5.11 Å². The van der Waals surface area contributed by atoms with Crippen LogP contribution in [0.15, 0.2) is 64.5 Å². The summed E-state index contributed by atoms with van der Waals surface area (Å²) in [7, 11) is 0. The lowest BCUT2D eigenvalue weighted by Gasteiger charge is -2.14. The number of rotatable bonds is 6. The Labute approximate surface area is 203 Å². The van der Waals surface area contributed by atoms with Gasteiger partial charge in [0.1, 0.15) is 0 Å². The average molecular weight is 474 g/mol. The lowest BCUT2D eigenvalue weighted by molar-refractivity contribution is -0.122. The van der Waals surface area contributed by atoms with Gasteiger partial charge in [-0.05, 0) is 92.6 Å². The summed E-state index contributed by atoms with van der Waals surface area (Å²) in [5.74, 6) is -1.06. The second-order valence-corrected chi connectivity index (χ2v) is 9.06. The number of para-hydroxylation sites is 1. The molecule has 0 spiro atoms. The molecule has 7 heteroatoms. The maximum atomic E-state index is 13.1. The summed E-state index contributed by atoms with van der Waals surface area (Å²) in [6.07, 6.45) is 2.88. The van der Waals surface area contributed by atoms with Crippen molar-refractivity contribution in [1.82, 2.24) is 9.47 Å². The van der Waals surface area contributed by atoms with Crippen molar-refractivity contribution in [3.8, 4) is 5.69 Å². The third kappa shape index (κ3) is 4.43. The number of carboxylic acids is 1. The van der Waals surface area contributed by atoms with E-state index >= 15 is 0 Å². The van der Waals surface area contributed by atoms with E-state index in [9.17, 15) is 9.59 Å². The van der Waals surface area contributed by atoms with Gasteiger partial charge >= 0.3 is 5.97 Å². The molecule has 1 saturated heterocycles. The summed E-state index contributed by atoms with van der Waals surface area (Å²) in [4.78, 5) is 31.1. The number of hydrogen-bond donors (Lipinski definition) is 1. The van der Waals surface area contributed by atoms with E-state index in [-0.39, 0.29) is 11.5 Å². The quantitative estimate of drug-likeness (QED) is 0.447. The number of likely N-dealkylation sites (N-methyl/N-ethyl adjacent to an activating group) is 1. The number of carbonyl (C=O) groups is 2. The molecule has 0 atom stereocenters. The van der Waals surface area contributed by atoms with Crippen molar-refractivity contribution < 1.29 is 14.7 Å². The zero-order valence-corrected chi connectivity index (χ0v) is 20.5. The summed E-state index contributed by atoms with van der Waals surface area (Å²) in [6.45, 7) is 8.72. The van der Waals surface area contributed by atoms with Crippen LogP contribution >= 0.6 is 11.8 Å². The highest BCUT2D eigenvalue weighted by Gasteiger charge is 2.32. The Hall–Kier alpha value is -3.58. The summed E-state index contributed by atoms with van der Waals surface area (Å²) < 4.78 is 2.24. The van der Waals surface area contributed by atoms with Gasteiger partial charge in [-0.1, -0.05) is 25.1 Å². The van der Waals surface area contributed by atoms with Gasteiger partial charge in [-0.25, -0.2) is 9.79 Å². The van der Waals surface area contributed by atoms with Crippen LogP contribution in [-0.2, 0) is 11.2 Å². The number of benzene rings is 2. The molecule has 0 bridgehead atoms. The second kappa shape index (κ2) is 9.73. The number of aromatic carboxylic acids is 1. The lowest BCUT2D eigenvalue weighted by Crippen LogP contribution is -2.28. The number of aryl methyl sites for hydroxylation is 2. The van der Waals surface area contributed by atoms with Gasteiger partial charge < -0.3 is 9.67 Å². The molecule has 174 valence electrons. The SMILES string of the molecule is CCc1ccccc1-n1c(C)cc(/C=C2\SC(=Nc3ccc(C(=O)O)cc3)N(CC)C2=O)c1C. The first-order valence-electron chi connectivity index (χ1n) is 11.2. The number of aromatic nitrogens is 1. The van der Waals surface area contributed by atoms with Crippen LogP contribution in [-0.4, -0.2) is 38.2 Å². The predicted octanol–water partition coefficient (Wildman–Crippen LogP) is 5.98. The van der Waals surface area contributed by atoms with E-state index < -0.39 is 5.97 Å². The number of carbonyl (C=O) groups excluding carboxylic acids is 1. The topological polar surface area (TPSA) is 74.9 Å². The van der Waals surface area contributed by atoms with Crippen LogP contribution in [0.5, 0.6) is 0 Å². The van der Waals surface area contributed by atoms with Crippen LogP contribution in [0.3, 0.4) is 0 Å². The van der Waals surface area contributed by atoms with Crippen molar-refractivity contribution >= 4 is 40.6 Å². The van der Waals surface area contributed by atoms with Crippen molar-refractivity contribution in [2.45, 2.75) is 34.1 Å². The zero-order chi connectivity index (χ0) is 24.4. The monoisotopic (exact) mass is 473 g/mol. The molecule has 1 N–H and O–H groups in total. The van der Waals surface area contributed by atoms with Crippen molar-refractivity contribution in [3.05, 3.63) is 87.6 Å². The van der Waals surface area contributed by atoms with Gasteiger partial charge in [-0.15, -0.1) is 0 Å². The van der Waals surface area contributed by atoms with E-state index in [1.165, 1.54) is 29.5 Å². The molecule has 1 aliphatic heterocycles. The minimum Gasteiger partial charge on any atom is -0.478 e. The minimum absolute atomic E-state index is 0.0767. The summed E-state index contributed by atoms with van der Waals surface area (Å²) in [5.41, 5.74) is 6.44. The predicted molar refractivity (Wildman–Crippen MR) is 138 cm³/mol. The largest absolute Gasteiger partial charge is 0.478 e. The van der Waals surface area contributed by atoms with Crippen molar-refractivity contribution in [2.75, 3.05) is 6.54 Å². The standard InChI is InChI=1S/C27H27N3O3S/c1-5-19-9-7-8-10-23(19)30-17(3)15-21(18(30)4)16-24-25(31)29(6-2)27(34-24)28-22-13-11-20(12-14-22)26(32)33/h7-16H,5-6H2,1-4H3,(H,32,33)/b24-16-,28-27?. The number of carboxylic acid groups (broad SMARTS) is 1. The Morgan fingerprint density at radius 1 is 1.09 bits per heavy atom. The maximum absolute atomic E-state index is 13.1. The fourth-order valence-electron chi connectivity index (χ4n) is 4.13.